The van der Waals surface area contributed by atoms with Crippen molar-refractivity contribution in [3.63, 3.8) is 0 Å². The largest absolute Gasteiger partial charge is 0.586 e. The Morgan fingerprint density at radius 2 is 1.81 bits per heavy atom. The van der Waals surface area contributed by atoms with Gasteiger partial charge in [-0.3, -0.25) is 9.78 Å². The number of rotatable bonds is 3. The third-order valence-electron chi connectivity index (χ3n) is 4.01. The Morgan fingerprint density at radius 3 is 2.42 bits per heavy atom. The number of fused-ring (bicyclic) bond motifs is 1. The van der Waals surface area contributed by atoms with Crippen LogP contribution in [0.2, 0.25) is 5.02 Å². The van der Waals surface area contributed by atoms with Gasteiger partial charge in [-0.25, -0.2) is 4.98 Å². The van der Waals surface area contributed by atoms with E-state index in [4.69, 9.17) is 11.6 Å². The highest BCUT2D eigenvalue weighted by molar-refractivity contribution is 6.33. The van der Waals surface area contributed by atoms with Crippen LogP contribution in [-0.4, -0.2) is 27.3 Å². The number of nitrogens with one attached hydrogen (secondary N) is 1. The highest BCUT2D eigenvalue weighted by Crippen LogP contribution is 2.45. The molecule has 2 aromatic heterocycles. The van der Waals surface area contributed by atoms with Crippen molar-refractivity contribution in [1.29, 1.82) is 0 Å². The molecule has 0 fully saturated rings. The van der Waals surface area contributed by atoms with Gasteiger partial charge in [0.05, 0.1) is 28.8 Å². The number of benzene rings is 1. The number of amides is 1. The predicted octanol–water partition coefficient (Wildman–Crippen LogP) is 4.69. The first-order valence-corrected chi connectivity index (χ1v) is 8.59. The highest BCUT2D eigenvalue weighted by atomic mass is 35.5. The number of anilines is 1. The summed E-state index contributed by atoms with van der Waals surface area (Å²) in [5, 5.41) is 5.32. The number of aryl methyl sites for hydroxylation is 1. The lowest BCUT2D eigenvalue weighted by Gasteiger charge is -2.08. The topological polar surface area (TPSA) is 99.4 Å². The maximum atomic E-state index is 13.2. The third-order valence-corrected chi connectivity index (χ3v) is 4.32. The molecule has 0 saturated heterocycles. The molecule has 1 aliphatic heterocycles. The van der Waals surface area contributed by atoms with Crippen molar-refractivity contribution in [2.24, 2.45) is 0 Å². The Kier molecular flexibility index (Phi) is 4.72. The summed E-state index contributed by atoms with van der Waals surface area (Å²) in [6.07, 6.45) is -6.59. The minimum Gasteiger partial charge on any atom is -0.395 e. The fourth-order valence-corrected chi connectivity index (χ4v) is 2.96. The molecule has 31 heavy (non-hydrogen) atoms. The first-order chi connectivity index (χ1) is 14.4. The van der Waals surface area contributed by atoms with Gasteiger partial charge < -0.3 is 19.3 Å². The van der Waals surface area contributed by atoms with Crippen molar-refractivity contribution in [1.82, 2.24) is 15.1 Å². The number of carbonyl (C=O) groups is 1. The van der Waals surface area contributed by atoms with Gasteiger partial charge in [-0.15, -0.1) is 8.78 Å². The van der Waals surface area contributed by atoms with Gasteiger partial charge in [-0.2, -0.15) is 13.2 Å². The molecule has 0 aliphatic carbocycles. The minimum absolute atomic E-state index is 0.000973. The monoisotopic (exact) mass is 462 g/mol. The number of alkyl halides is 5. The van der Waals surface area contributed by atoms with Gasteiger partial charge >= 0.3 is 12.5 Å². The van der Waals surface area contributed by atoms with E-state index in [1.54, 1.807) is 0 Å². The van der Waals surface area contributed by atoms with Crippen LogP contribution in [0.25, 0.3) is 11.3 Å². The summed E-state index contributed by atoms with van der Waals surface area (Å²) in [6.45, 7) is 1.17. The van der Waals surface area contributed by atoms with Crippen LogP contribution < -0.4 is 14.8 Å². The second-order valence-electron chi connectivity index (χ2n) is 6.16. The molecule has 4 rings (SSSR count). The summed E-state index contributed by atoms with van der Waals surface area (Å²) < 4.78 is 78.1. The van der Waals surface area contributed by atoms with Crippen molar-refractivity contribution >= 4 is 23.3 Å². The Balaban J connectivity index is 1.57. The summed E-state index contributed by atoms with van der Waals surface area (Å²) in [6, 6.07) is 2.27. The average Bonchev–Trinajstić information content (AvgIpc) is 3.19. The van der Waals surface area contributed by atoms with Crippen LogP contribution in [0.4, 0.5) is 27.8 Å². The van der Waals surface area contributed by atoms with E-state index in [2.05, 4.69) is 34.4 Å². The van der Waals surface area contributed by atoms with Gasteiger partial charge in [-0.05, 0) is 13.0 Å². The van der Waals surface area contributed by atoms with Crippen LogP contribution in [0, 0.1) is 6.92 Å². The number of carbonyl (C=O) groups excluding carboxylic acids is 1. The van der Waals surface area contributed by atoms with Gasteiger partial charge in [0.1, 0.15) is 5.56 Å². The number of hydrogen-bond donors (Lipinski definition) is 1. The summed E-state index contributed by atoms with van der Waals surface area (Å²) >= 11 is 6.06. The molecule has 1 N–H and O–H groups in total. The molecular formula is C17H8ClF5N4O4. The fraction of sp³-hybridized carbons (Fsp3) is 0.176. The number of ether oxygens (including phenoxy) is 2. The maximum absolute atomic E-state index is 13.2. The van der Waals surface area contributed by atoms with Crippen LogP contribution >= 0.6 is 11.6 Å². The summed E-state index contributed by atoms with van der Waals surface area (Å²) in [7, 11) is 0. The molecule has 0 bridgehead atoms. The van der Waals surface area contributed by atoms with E-state index in [0.717, 1.165) is 24.5 Å². The quantitative estimate of drug-likeness (QED) is 0.564. The van der Waals surface area contributed by atoms with Crippen LogP contribution in [0.5, 0.6) is 11.5 Å². The molecule has 0 saturated carbocycles. The normalized spacial score (nSPS) is 14.5. The van der Waals surface area contributed by atoms with Crippen LogP contribution in [0.3, 0.4) is 0 Å². The van der Waals surface area contributed by atoms with Gasteiger partial charge in [-0.1, -0.05) is 16.8 Å². The fourth-order valence-electron chi connectivity index (χ4n) is 2.71. The molecule has 0 atom stereocenters. The minimum atomic E-state index is -4.92. The van der Waals surface area contributed by atoms with Gasteiger partial charge in [0.2, 0.25) is 0 Å². The smallest absolute Gasteiger partial charge is 0.395 e. The summed E-state index contributed by atoms with van der Waals surface area (Å²) in [4.78, 5) is 20.1. The van der Waals surface area contributed by atoms with Crippen molar-refractivity contribution < 1.29 is 40.7 Å². The Hall–Kier alpha value is -3.48. The van der Waals surface area contributed by atoms with E-state index in [0.29, 0.717) is 0 Å². The Labute approximate surface area is 173 Å². The number of halogens is 6. The zero-order valence-electron chi connectivity index (χ0n) is 15.1. The lowest BCUT2D eigenvalue weighted by molar-refractivity contribution is -0.286. The molecule has 0 radical (unpaired) electrons. The summed E-state index contributed by atoms with van der Waals surface area (Å²) in [5.74, 6) is -3.43. The number of aromatic nitrogens is 3. The SMILES string of the molecule is Cc1noc(C(F)(F)F)c1C(=O)Nc1cnc(-c2cc3c(cc2Cl)OC(F)(F)O3)cn1. The third kappa shape index (κ3) is 3.95. The van der Waals surface area contributed by atoms with E-state index in [-0.39, 0.29) is 39.3 Å². The number of nitrogens with zero attached hydrogens (tertiary/aromatic N) is 3. The first kappa shape index (κ1) is 20.8. The van der Waals surface area contributed by atoms with Crippen LogP contribution in [0.1, 0.15) is 21.8 Å². The molecule has 14 heteroatoms. The van der Waals surface area contributed by atoms with Crippen LogP contribution in [-0.2, 0) is 6.18 Å². The maximum Gasteiger partial charge on any atom is 0.586 e. The van der Waals surface area contributed by atoms with Crippen molar-refractivity contribution in [2.75, 3.05) is 5.32 Å². The Bertz CT molecular complexity index is 1180. The van der Waals surface area contributed by atoms with Crippen molar-refractivity contribution in [3.05, 3.63) is 46.6 Å². The van der Waals surface area contributed by atoms with Crippen LogP contribution in [0.15, 0.2) is 29.0 Å². The molecule has 1 aliphatic rings. The molecule has 1 amide bonds. The first-order valence-electron chi connectivity index (χ1n) is 8.21. The molecule has 3 heterocycles. The van der Waals surface area contributed by atoms with E-state index in [1.807, 2.05) is 0 Å². The van der Waals surface area contributed by atoms with E-state index >= 15 is 0 Å². The number of hydrogen-bond acceptors (Lipinski definition) is 7. The van der Waals surface area contributed by atoms with E-state index < -0.39 is 29.7 Å². The molecule has 1 aromatic carbocycles. The van der Waals surface area contributed by atoms with E-state index in [1.165, 1.54) is 6.92 Å². The molecule has 162 valence electrons. The average molecular weight is 463 g/mol. The Morgan fingerprint density at radius 1 is 1.13 bits per heavy atom. The lowest BCUT2D eigenvalue weighted by atomic mass is 10.1. The zero-order valence-corrected chi connectivity index (χ0v) is 15.8. The van der Waals surface area contributed by atoms with Gasteiger partial charge in [0.25, 0.3) is 11.7 Å². The second kappa shape index (κ2) is 7.04. The molecule has 0 unspecified atom stereocenters. The van der Waals surface area contributed by atoms with Gasteiger partial charge in [0.15, 0.2) is 17.3 Å². The second-order valence-corrected chi connectivity index (χ2v) is 6.56. The molecular weight excluding hydrogens is 455 g/mol. The predicted molar refractivity (Wildman–Crippen MR) is 92.9 cm³/mol. The lowest BCUT2D eigenvalue weighted by Crippen LogP contribution is -2.25. The molecule has 0 spiro atoms. The van der Waals surface area contributed by atoms with E-state index in [9.17, 15) is 26.7 Å². The summed E-state index contributed by atoms with van der Waals surface area (Å²) in [5.41, 5.74) is -0.778. The molecule has 8 nitrogen and oxygen atoms in total. The highest BCUT2D eigenvalue weighted by Gasteiger charge is 2.44. The standard InChI is InChI=1S/C17H8ClF5N4O4/c1-6-13(14(31-27-6)16(19,20)21)15(28)26-12-5-24-9(4-25-12)7-2-10-11(3-8(7)18)30-17(22,23)29-10/h2-5H,1H3,(H,25,26,28). The van der Waals surface area contributed by atoms with Crippen molar-refractivity contribution in [2.45, 2.75) is 19.4 Å². The van der Waals surface area contributed by atoms with Gasteiger partial charge in [0, 0.05) is 11.6 Å². The molecule has 3 aromatic rings. The zero-order chi connectivity index (χ0) is 22.6. The van der Waals surface area contributed by atoms with Crippen molar-refractivity contribution in [3.8, 4) is 22.8 Å².